The van der Waals surface area contributed by atoms with E-state index in [0.717, 1.165) is 64.1 Å². The van der Waals surface area contributed by atoms with Crippen molar-refractivity contribution in [1.29, 1.82) is 0 Å². The van der Waals surface area contributed by atoms with E-state index in [-0.39, 0.29) is 6.09 Å². The van der Waals surface area contributed by atoms with Gasteiger partial charge in [0.15, 0.2) is 0 Å². The van der Waals surface area contributed by atoms with Gasteiger partial charge in [-0.25, -0.2) is 9.78 Å². The molecule has 1 fully saturated rings. The zero-order chi connectivity index (χ0) is 30.1. The van der Waals surface area contributed by atoms with Gasteiger partial charge in [-0.2, -0.15) is 0 Å². The Labute approximate surface area is 252 Å². The Kier molecular flexibility index (Phi) is 7.56. The number of nitrogens with one attached hydrogen (secondary N) is 1. The molecule has 1 N–H and O–H groups in total. The summed E-state index contributed by atoms with van der Waals surface area (Å²) in [6.45, 7) is 13.0. The number of piperazine rings is 1. The number of carbonyl (C=O) groups is 1. The number of pyridine rings is 1. The third-order valence-electron chi connectivity index (χ3n) is 7.69. The number of aromatic nitrogens is 3. The molecule has 1 aliphatic heterocycles. The van der Waals surface area contributed by atoms with E-state index in [1.165, 1.54) is 5.56 Å². The van der Waals surface area contributed by atoms with Gasteiger partial charge in [0, 0.05) is 55.7 Å². The first-order valence-corrected chi connectivity index (χ1v) is 14.7. The van der Waals surface area contributed by atoms with Crippen LogP contribution >= 0.6 is 0 Å². The summed E-state index contributed by atoms with van der Waals surface area (Å²) in [5, 5.41) is 7.78. The van der Waals surface area contributed by atoms with Crippen LogP contribution in [0.5, 0.6) is 0 Å². The molecule has 0 bridgehead atoms. The lowest BCUT2D eigenvalue weighted by molar-refractivity contribution is 0.0240. The summed E-state index contributed by atoms with van der Waals surface area (Å²) < 4.78 is 13.1. The van der Waals surface area contributed by atoms with E-state index in [0.29, 0.717) is 19.6 Å². The molecule has 9 heteroatoms. The van der Waals surface area contributed by atoms with Crippen LogP contribution in [0.3, 0.4) is 0 Å². The van der Waals surface area contributed by atoms with Gasteiger partial charge in [0.1, 0.15) is 28.5 Å². The highest BCUT2D eigenvalue weighted by Gasteiger charge is 2.26. The molecule has 0 unspecified atom stereocenters. The van der Waals surface area contributed by atoms with Gasteiger partial charge in [-0.15, -0.1) is 0 Å². The van der Waals surface area contributed by atoms with Gasteiger partial charge in [-0.05, 0) is 70.0 Å². The molecule has 0 aliphatic carbocycles. The first-order valence-electron chi connectivity index (χ1n) is 14.7. The minimum absolute atomic E-state index is 0.248. The molecule has 9 nitrogen and oxygen atoms in total. The standard InChI is InChI=1S/C34H38N6O3/c1-23-30(24(2)43-37-23)27-15-16-40-29(21-27)36-31(32(40)35-22-25-9-7-6-8-10-25)26-11-13-28(14-12-26)38-17-19-39(20-18-38)33(41)42-34(3,4)5/h6-16,21,35H,17-20,22H2,1-5H3. The second kappa shape index (κ2) is 11.5. The van der Waals surface area contributed by atoms with E-state index in [1.807, 2.05) is 52.8 Å². The molecule has 43 heavy (non-hydrogen) atoms. The Hall–Kier alpha value is -4.79. The number of fused-ring (bicyclic) bond motifs is 1. The van der Waals surface area contributed by atoms with Crippen LogP contribution in [0.2, 0.25) is 0 Å². The normalized spacial score (nSPS) is 13.9. The number of hydrogen-bond donors (Lipinski definition) is 1. The maximum atomic E-state index is 12.5. The first kappa shape index (κ1) is 28.3. The number of imidazole rings is 1. The highest BCUT2D eigenvalue weighted by molar-refractivity contribution is 5.80. The maximum Gasteiger partial charge on any atom is 0.410 e. The number of amides is 1. The number of carbonyl (C=O) groups excluding carboxylic acids is 1. The maximum absolute atomic E-state index is 12.5. The van der Waals surface area contributed by atoms with Gasteiger partial charge < -0.3 is 24.4 Å². The van der Waals surface area contributed by atoms with Crippen molar-refractivity contribution in [2.75, 3.05) is 36.4 Å². The van der Waals surface area contributed by atoms with Crippen molar-refractivity contribution in [2.24, 2.45) is 0 Å². The van der Waals surface area contributed by atoms with Gasteiger partial charge in [0.25, 0.3) is 0 Å². The van der Waals surface area contributed by atoms with Crippen LogP contribution in [0.1, 0.15) is 37.8 Å². The minimum Gasteiger partial charge on any atom is -0.444 e. The lowest BCUT2D eigenvalue weighted by atomic mass is 10.1. The SMILES string of the molecule is Cc1noc(C)c1-c1ccn2c(NCc3ccccc3)c(-c3ccc(N4CCN(C(=O)OC(C)(C)C)CC4)cc3)nc2c1. The van der Waals surface area contributed by atoms with Gasteiger partial charge in [0.2, 0.25) is 0 Å². The molecule has 1 aliphatic rings. The number of ether oxygens (including phenoxy) is 1. The van der Waals surface area contributed by atoms with Crippen molar-refractivity contribution in [2.45, 2.75) is 46.8 Å². The molecular formula is C34H38N6O3. The molecule has 0 spiro atoms. The Balaban J connectivity index is 1.27. The Morgan fingerprint density at radius 1 is 0.953 bits per heavy atom. The van der Waals surface area contributed by atoms with E-state index >= 15 is 0 Å². The average molecular weight is 579 g/mol. The van der Waals surface area contributed by atoms with Crippen molar-refractivity contribution in [3.63, 3.8) is 0 Å². The smallest absolute Gasteiger partial charge is 0.410 e. The summed E-state index contributed by atoms with van der Waals surface area (Å²) >= 11 is 0. The Bertz CT molecular complexity index is 1710. The van der Waals surface area contributed by atoms with Crippen LogP contribution in [0, 0.1) is 13.8 Å². The van der Waals surface area contributed by atoms with E-state index < -0.39 is 5.60 Å². The fourth-order valence-electron chi connectivity index (χ4n) is 5.55. The second-order valence-corrected chi connectivity index (χ2v) is 12.0. The molecule has 0 radical (unpaired) electrons. The summed E-state index contributed by atoms with van der Waals surface area (Å²) in [6, 6.07) is 23.0. The number of aryl methyl sites for hydroxylation is 2. The first-order chi connectivity index (χ1) is 20.7. The van der Waals surface area contributed by atoms with Gasteiger partial charge in [0.05, 0.1) is 5.69 Å². The molecule has 6 rings (SSSR count). The lowest BCUT2D eigenvalue weighted by Crippen LogP contribution is -2.50. The van der Waals surface area contributed by atoms with E-state index in [2.05, 4.69) is 74.5 Å². The Morgan fingerprint density at radius 2 is 1.67 bits per heavy atom. The van der Waals surface area contributed by atoms with Crippen LogP contribution in [-0.2, 0) is 11.3 Å². The summed E-state index contributed by atoms with van der Waals surface area (Å²) in [4.78, 5) is 21.7. The number of rotatable bonds is 6. The Morgan fingerprint density at radius 3 is 2.33 bits per heavy atom. The average Bonchev–Trinajstić information content (AvgIpc) is 3.54. The van der Waals surface area contributed by atoms with Crippen LogP contribution in [0.4, 0.5) is 16.3 Å². The third-order valence-corrected chi connectivity index (χ3v) is 7.69. The number of benzene rings is 2. The molecular weight excluding hydrogens is 540 g/mol. The van der Waals surface area contributed by atoms with E-state index in [9.17, 15) is 4.79 Å². The van der Waals surface area contributed by atoms with Crippen molar-refractivity contribution in [1.82, 2.24) is 19.4 Å². The summed E-state index contributed by atoms with van der Waals surface area (Å²) in [6.07, 6.45) is 1.81. The number of hydrogen-bond acceptors (Lipinski definition) is 7. The zero-order valence-electron chi connectivity index (χ0n) is 25.4. The third kappa shape index (κ3) is 6.07. The van der Waals surface area contributed by atoms with Gasteiger partial charge in [-0.3, -0.25) is 4.40 Å². The second-order valence-electron chi connectivity index (χ2n) is 12.0. The highest BCUT2D eigenvalue weighted by Crippen LogP contribution is 2.34. The van der Waals surface area contributed by atoms with Crippen LogP contribution < -0.4 is 10.2 Å². The molecule has 2 aromatic carbocycles. The molecule has 1 saturated heterocycles. The lowest BCUT2D eigenvalue weighted by Gasteiger charge is -2.36. The zero-order valence-corrected chi connectivity index (χ0v) is 25.4. The summed E-state index contributed by atoms with van der Waals surface area (Å²) in [5.41, 5.74) is 7.45. The molecule has 4 heterocycles. The van der Waals surface area contributed by atoms with E-state index in [4.69, 9.17) is 14.2 Å². The molecule has 3 aromatic heterocycles. The number of anilines is 2. The summed E-state index contributed by atoms with van der Waals surface area (Å²) in [7, 11) is 0. The fourth-order valence-corrected chi connectivity index (χ4v) is 5.55. The fraction of sp³-hybridized carbons (Fsp3) is 0.324. The van der Waals surface area contributed by atoms with Crippen molar-refractivity contribution < 1.29 is 14.1 Å². The van der Waals surface area contributed by atoms with Crippen LogP contribution in [0.15, 0.2) is 77.4 Å². The topological polar surface area (TPSA) is 88.1 Å². The molecule has 222 valence electrons. The van der Waals surface area contributed by atoms with E-state index in [1.54, 1.807) is 4.90 Å². The monoisotopic (exact) mass is 578 g/mol. The molecule has 0 atom stereocenters. The quantitative estimate of drug-likeness (QED) is 0.233. The van der Waals surface area contributed by atoms with Crippen molar-refractivity contribution in [3.05, 3.63) is 89.9 Å². The predicted molar refractivity (Wildman–Crippen MR) is 169 cm³/mol. The molecule has 0 saturated carbocycles. The van der Waals surface area contributed by atoms with Crippen molar-refractivity contribution in [3.8, 4) is 22.4 Å². The molecule has 5 aromatic rings. The molecule has 1 amide bonds. The minimum atomic E-state index is -0.493. The predicted octanol–water partition coefficient (Wildman–Crippen LogP) is 6.94. The van der Waals surface area contributed by atoms with Crippen molar-refractivity contribution >= 4 is 23.2 Å². The van der Waals surface area contributed by atoms with Crippen LogP contribution in [0.25, 0.3) is 28.0 Å². The van der Waals surface area contributed by atoms with Gasteiger partial charge >= 0.3 is 6.09 Å². The largest absolute Gasteiger partial charge is 0.444 e. The number of nitrogens with zero attached hydrogens (tertiary/aromatic N) is 5. The highest BCUT2D eigenvalue weighted by atomic mass is 16.6. The summed E-state index contributed by atoms with van der Waals surface area (Å²) in [5.74, 6) is 1.72. The van der Waals surface area contributed by atoms with Crippen LogP contribution in [-0.4, -0.2) is 57.3 Å². The van der Waals surface area contributed by atoms with Gasteiger partial charge in [-0.1, -0.05) is 47.6 Å².